The van der Waals surface area contributed by atoms with Gasteiger partial charge < -0.3 is 15.4 Å². The van der Waals surface area contributed by atoms with Crippen LogP contribution in [0.2, 0.25) is 0 Å². The smallest absolute Gasteiger partial charge is 0.326 e. The normalized spacial score (nSPS) is 12.8. The Hall–Kier alpha value is -2.38. The summed E-state index contributed by atoms with van der Waals surface area (Å²) in [6.45, 7) is 4.93. The molecule has 0 spiro atoms. The van der Waals surface area contributed by atoms with E-state index in [1.807, 2.05) is 4.98 Å². The van der Waals surface area contributed by atoms with Gasteiger partial charge in [0.25, 0.3) is 11.5 Å². The lowest BCUT2D eigenvalue weighted by Crippen LogP contribution is -2.50. The first-order valence-corrected chi connectivity index (χ1v) is 5.48. The van der Waals surface area contributed by atoms with Gasteiger partial charge in [-0.2, -0.15) is 0 Å². The number of rotatable bonds is 3. The predicted molar refractivity (Wildman–Crippen MR) is 66.0 cm³/mol. The average Bonchev–Trinajstić information content (AvgIpc) is 2.23. The first-order chi connectivity index (χ1) is 8.62. The molecule has 0 fully saturated rings. The summed E-state index contributed by atoms with van der Waals surface area (Å²) in [5.74, 6) is -2.07. The maximum atomic E-state index is 11.8. The van der Waals surface area contributed by atoms with E-state index in [-0.39, 0.29) is 5.56 Å². The Morgan fingerprint density at radius 1 is 1.32 bits per heavy atom. The molecular weight excluding hydrogens is 254 g/mol. The number of aromatic amines is 2. The maximum absolute atomic E-state index is 11.8. The van der Waals surface area contributed by atoms with Crippen LogP contribution in [0.5, 0.6) is 0 Å². The molecule has 0 aliphatic heterocycles. The van der Waals surface area contributed by atoms with Crippen LogP contribution in [0.4, 0.5) is 0 Å². The highest BCUT2D eigenvalue weighted by Gasteiger charge is 2.33. The van der Waals surface area contributed by atoms with Crippen LogP contribution >= 0.6 is 0 Å². The number of amides is 1. The Bertz CT molecular complexity index is 608. The minimum absolute atomic E-state index is 0.352. The molecule has 0 aliphatic rings. The van der Waals surface area contributed by atoms with Crippen molar-refractivity contribution in [2.45, 2.75) is 26.8 Å². The molecule has 1 aromatic rings. The molecule has 0 aromatic carbocycles. The predicted octanol–water partition coefficient (Wildman–Crippen LogP) is -0.708. The number of hydrogen-bond donors (Lipinski definition) is 4. The van der Waals surface area contributed by atoms with Gasteiger partial charge in [-0.15, -0.1) is 0 Å². The highest BCUT2D eigenvalue weighted by Crippen LogP contribution is 2.19. The Balaban J connectivity index is 3.05. The molecule has 0 radical (unpaired) electrons. The van der Waals surface area contributed by atoms with E-state index < -0.39 is 34.6 Å². The monoisotopic (exact) mass is 269 g/mol. The second-order valence-electron chi connectivity index (χ2n) is 5.10. The molecule has 0 bridgehead atoms. The molecular formula is C11H15N3O5. The summed E-state index contributed by atoms with van der Waals surface area (Å²) < 4.78 is 0. The SMILES string of the molecule is CC(C)(C)[C@@H](NC(=O)c1c[nH]c(=O)[nH]c1=O)C(=O)O. The molecule has 1 aromatic heterocycles. The van der Waals surface area contributed by atoms with E-state index in [0.29, 0.717) is 0 Å². The van der Waals surface area contributed by atoms with Crippen molar-refractivity contribution >= 4 is 11.9 Å². The summed E-state index contributed by atoms with van der Waals surface area (Å²) in [6.07, 6.45) is 0.943. The zero-order valence-corrected chi connectivity index (χ0v) is 10.7. The third-order valence-electron chi connectivity index (χ3n) is 2.45. The molecule has 0 unspecified atom stereocenters. The van der Waals surface area contributed by atoms with Crippen LogP contribution in [-0.4, -0.2) is 33.0 Å². The van der Waals surface area contributed by atoms with Crippen molar-refractivity contribution in [2.24, 2.45) is 5.41 Å². The lowest BCUT2D eigenvalue weighted by atomic mass is 9.86. The molecule has 4 N–H and O–H groups in total. The Labute approximate surface area is 107 Å². The van der Waals surface area contributed by atoms with Crippen LogP contribution in [-0.2, 0) is 4.79 Å². The fraction of sp³-hybridized carbons (Fsp3) is 0.455. The van der Waals surface area contributed by atoms with Gasteiger partial charge in [0.05, 0.1) is 0 Å². The van der Waals surface area contributed by atoms with E-state index in [2.05, 4.69) is 10.3 Å². The number of nitrogens with one attached hydrogen (secondary N) is 3. The Kier molecular flexibility index (Phi) is 3.93. The second kappa shape index (κ2) is 5.09. The van der Waals surface area contributed by atoms with Crippen LogP contribution in [0, 0.1) is 5.41 Å². The summed E-state index contributed by atoms with van der Waals surface area (Å²) in [6, 6.07) is -1.16. The number of aromatic nitrogens is 2. The summed E-state index contributed by atoms with van der Waals surface area (Å²) in [5, 5.41) is 11.3. The molecule has 0 saturated carbocycles. The van der Waals surface area contributed by atoms with Crippen molar-refractivity contribution in [2.75, 3.05) is 0 Å². The van der Waals surface area contributed by atoms with Gasteiger partial charge in [-0.05, 0) is 5.41 Å². The zero-order chi connectivity index (χ0) is 14.8. The molecule has 0 aliphatic carbocycles. The molecule has 0 saturated heterocycles. The molecule has 1 atom stereocenters. The first kappa shape index (κ1) is 14.7. The zero-order valence-electron chi connectivity index (χ0n) is 10.7. The summed E-state index contributed by atoms with van der Waals surface area (Å²) in [7, 11) is 0. The lowest BCUT2D eigenvalue weighted by Gasteiger charge is -2.27. The summed E-state index contributed by atoms with van der Waals surface area (Å²) >= 11 is 0. The minimum Gasteiger partial charge on any atom is -0.480 e. The fourth-order valence-corrected chi connectivity index (χ4v) is 1.44. The number of H-pyrrole nitrogens is 2. The van der Waals surface area contributed by atoms with Gasteiger partial charge in [0.2, 0.25) is 0 Å². The summed E-state index contributed by atoms with van der Waals surface area (Å²) in [5.41, 5.74) is -2.70. The third-order valence-corrected chi connectivity index (χ3v) is 2.45. The molecule has 19 heavy (non-hydrogen) atoms. The number of hydrogen-bond acceptors (Lipinski definition) is 4. The van der Waals surface area contributed by atoms with Gasteiger partial charge >= 0.3 is 11.7 Å². The van der Waals surface area contributed by atoms with E-state index >= 15 is 0 Å². The second-order valence-corrected chi connectivity index (χ2v) is 5.10. The van der Waals surface area contributed by atoms with Crippen LogP contribution in [0.25, 0.3) is 0 Å². The van der Waals surface area contributed by atoms with Gasteiger partial charge in [-0.3, -0.25) is 14.6 Å². The number of carboxylic acids is 1. The van der Waals surface area contributed by atoms with E-state index in [0.717, 1.165) is 6.20 Å². The molecule has 1 amide bonds. The van der Waals surface area contributed by atoms with E-state index in [1.165, 1.54) is 0 Å². The van der Waals surface area contributed by atoms with Crippen molar-refractivity contribution in [1.82, 2.24) is 15.3 Å². The number of carbonyl (C=O) groups is 2. The standard InChI is InChI=1S/C11H15N3O5/c1-11(2,3)6(9(17)18)13-7(15)5-4-12-10(19)14-8(5)16/h4,6H,1-3H3,(H,13,15)(H,17,18)(H2,12,14,16,19)/t6-/m0/s1. The molecule has 1 rings (SSSR count). The average molecular weight is 269 g/mol. The van der Waals surface area contributed by atoms with Crippen molar-refractivity contribution in [3.63, 3.8) is 0 Å². The van der Waals surface area contributed by atoms with Crippen molar-refractivity contribution in [3.8, 4) is 0 Å². The van der Waals surface area contributed by atoms with Gasteiger partial charge in [0, 0.05) is 6.20 Å². The lowest BCUT2D eigenvalue weighted by molar-refractivity contribution is -0.142. The van der Waals surface area contributed by atoms with Gasteiger partial charge in [-0.25, -0.2) is 9.59 Å². The van der Waals surface area contributed by atoms with Gasteiger partial charge in [0.15, 0.2) is 0 Å². The topological polar surface area (TPSA) is 132 Å². The first-order valence-electron chi connectivity index (χ1n) is 5.48. The molecule has 1 heterocycles. The van der Waals surface area contributed by atoms with Crippen molar-refractivity contribution in [1.29, 1.82) is 0 Å². The molecule has 8 heteroatoms. The van der Waals surface area contributed by atoms with Crippen molar-refractivity contribution in [3.05, 3.63) is 32.6 Å². The van der Waals surface area contributed by atoms with Gasteiger partial charge in [0.1, 0.15) is 11.6 Å². The quantitative estimate of drug-likeness (QED) is 0.575. The van der Waals surface area contributed by atoms with E-state index in [1.54, 1.807) is 20.8 Å². The highest BCUT2D eigenvalue weighted by molar-refractivity contribution is 5.96. The molecule has 8 nitrogen and oxygen atoms in total. The van der Waals surface area contributed by atoms with Crippen LogP contribution in [0.15, 0.2) is 15.8 Å². The Morgan fingerprint density at radius 2 is 1.89 bits per heavy atom. The number of carbonyl (C=O) groups excluding carboxylic acids is 1. The Morgan fingerprint density at radius 3 is 2.32 bits per heavy atom. The minimum atomic E-state index is -1.21. The van der Waals surface area contributed by atoms with Crippen molar-refractivity contribution < 1.29 is 14.7 Å². The van der Waals surface area contributed by atoms with E-state index in [9.17, 15) is 19.2 Å². The highest BCUT2D eigenvalue weighted by atomic mass is 16.4. The van der Waals surface area contributed by atoms with Gasteiger partial charge in [-0.1, -0.05) is 20.8 Å². The van der Waals surface area contributed by atoms with Crippen LogP contribution in [0.3, 0.4) is 0 Å². The number of aliphatic carboxylic acids is 1. The van der Waals surface area contributed by atoms with Crippen LogP contribution < -0.4 is 16.6 Å². The maximum Gasteiger partial charge on any atom is 0.326 e. The van der Waals surface area contributed by atoms with E-state index in [4.69, 9.17) is 5.11 Å². The molecule has 104 valence electrons. The summed E-state index contributed by atoms with van der Waals surface area (Å²) in [4.78, 5) is 49.2. The fourth-order valence-electron chi connectivity index (χ4n) is 1.44. The largest absolute Gasteiger partial charge is 0.480 e. The number of carboxylic acid groups (broad SMARTS) is 1. The van der Waals surface area contributed by atoms with Crippen LogP contribution in [0.1, 0.15) is 31.1 Å². The third kappa shape index (κ3) is 3.54.